The van der Waals surface area contributed by atoms with E-state index in [0.29, 0.717) is 18.4 Å². The SMILES string of the molecule is CCC[C@@H](C)C(C)CCNC(=O)C(O)C(C)(C)COP(=O)(O)OC(C)(C)C. The Hall–Kier alpha value is -0.460. The molecule has 0 fully saturated rings. The van der Waals surface area contributed by atoms with Gasteiger partial charge >= 0.3 is 7.82 Å². The summed E-state index contributed by atoms with van der Waals surface area (Å²) in [5.74, 6) is 0.556. The summed E-state index contributed by atoms with van der Waals surface area (Å²) in [6, 6.07) is 0. The van der Waals surface area contributed by atoms with Crippen molar-refractivity contribution in [3.8, 4) is 0 Å². The second kappa shape index (κ2) is 10.9. The van der Waals surface area contributed by atoms with Crippen LogP contribution in [0.2, 0.25) is 0 Å². The number of rotatable bonds is 12. The van der Waals surface area contributed by atoms with Crippen molar-refractivity contribution >= 4 is 13.7 Å². The summed E-state index contributed by atoms with van der Waals surface area (Å²) in [6.45, 7) is 14.8. The molecule has 0 spiro atoms. The summed E-state index contributed by atoms with van der Waals surface area (Å²) < 4.78 is 22.0. The number of nitrogens with one attached hydrogen (secondary N) is 1. The van der Waals surface area contributed by atoms with E-state index in [1.807, 2.05) is 0 Å². The normalized spacial score (nSPS) is 18.4. The summed E-state index contributed by atoms with van der Waals surface area (Å²) in [6.07, 6.45) is 1.76. The molecule has 0 aromatic heterocycles. The second-order valence-electron chi connectivity index (χ2n) is 9.16. The molecule has 0 aliphatic rings. The van der Waals surface area contributed by atoms with Crippen molar-refractivity contribution in [3.05, 3.63) is 0 Å². The molecular weight excluding hydrogens is 369 g/mol. The second-order valence-corrected chi connectivity index (χ2v) is 10.5. The molecule has 8 heteroatoms. The highest BCUT2D eigenvalue weighted by molar-refractivity contribution is 7.47. The molecule has 0 aliphatic heterocycles. The molecule has 0 rings (SSSR count). The van der Waals surface area contributed by atoms with E-state index in [9.17, 15) is 19.4 Å². The maximum atomic E-state index is 12.2. The van der Waals surface area contributed by atoms with Crippen LogP contribution in [0.5, 0.6) is 0 Å². The lowest BCUT2D eigenvalue weighted by Crippen LogP contribution is -2.46. The first-order chi connectivity index (χ1) is 12.1. The van der Waals surface area contributed by atoms with Crippen LogP contribution < -0.4 is 5.32 Å². The Morgan fingerprint density at radius 2 is 1.63 bits per heavy atom. The fraction of sp³-hybridized carbons (Fsp3) is 0.947. The van der Waals surface area contributed by atoms with E-state index in [4.69, 9.17) is 9.05 Å². The number of aliphatic hydroxyl groups excluding tert-OH is 1. The quantitative estimate of drug-likeness (QED) is 0.423. The number of phosphoric ester groups is 1. The number of phosphoric acid groups is 1. The number of carbonyl (C=O) groups excluding carboxylic acids is 1. The van der Waals surface area contributed by atoms with E-state index in [-0.39, 0.29) is 6.61 Å². The smallest absolute Gasteiger partial charge is 0.383 e. The Bertz CT molecular complexity index is 503. The van der Waals surface area contributed by atoms with E-state index in [0.717, 1.165) is 19.3 Å². The molecule has 0 saturated heterocycles. The summed E-state index contributed by atoms with van der Waals surface area (Å²) in [4.78, 5) is 22.0. The van der Waals surface area contributed by atoms with Gasteiger partial charge < -0.3 is 15.3 Å². The number of carbonyl (C=O) groups is 1. The molecule has 0 aromatic rings. The Morgan fingerprint density at radius 1 is 1.11 bits per heavy atom. The van der Waals surface area contributed by atoms with Crippen LogP contribution in [0.15, 0.2) is 0 Å². The Balaban J connectivity index is 4.52. The minimum Gasteiger partial charge on any atom is -0.383 e. The zero-order valence-electron chi connectivity index (χ0n) is 18.2. The van der Waals surface area contributed by atoms with Crippen LogP contribution in [0.1, 0.15) is 74.7 Å². The van der Waals surface area contributed by atoms with Gasteiger partial charge in [0.1, 0.15) is 6.10 Å². The third-order valence-electron chi connectivity index (χ3n) is 4.59. The molecule has 0 radical (unpaired) electrons. The van der Waals surface area contributed by atoms with Gasteiger partial charge in [0.05, 0.1) is 12.2 Å². The van der Waals surface area contributed by atoms with Gasteiger partial charge in [-0.3, -0.25) is 13.8 Å². The maximum Gasteiger partial charge on any atom is 0.472 e. The minimum atomic E-state index is -4.28. The molecule has 7 nitrogen and oxygen atoms in total. The topological polar surface area (TPSA) is 105 Å². The van der Waals surface area contributed by atoms with Crippen molar-refractivity contribution in [2.24, 2.45) is 17.3 Å². The van der Waals surface area contributed by atoms with Crippen LogP contribution in [0.4, 0.5) is 0 Å². The number of hydrogen-bond acceptors (Lipinski definition) is 5. The monoisotopic (exact) mass is 409 g/mol. The Morgan fingerprint density at radius 3 is 2.11 bits per heavy atom. The molecule has 0 aliphatic carbocycles. The van der Waals surface area contributed by atoms with Crippen LogP contribution in [-0.2, 0) is 18.4 Å². The van der Waals surface area contributed by atoms with Crippen LogP contribution >= 0.6 is 7.82 Å². The molecule has 0 bridgehead atoms. The van der Waals surface area contributed by atoms with Crippen molar-refractivity contribution in [2.75, 3.05) is 13.2 Å². The summed E-state index contributed by atoms with van der Waals surface area (Å²) in [7, 11) is -4.28. The summed E-state index contributed by atoms with van der Waals surface area (Å²) >= 11 is 0. The van der Waals surface area contributed by atoms with Crippen LogP contribution in [0.3, 0.4) is 0 Å². The molecule has 162 valence electrons. The molecule has 3 N–H and O–H groups in total. The van der Waals surface area contributed by atoms with E-state index in [1.165, 1.54) is 0 Å². The third-order valence-corrected chi connectivity index (χ3v) is 5.83. The molecule has 0 heterocycles. The van der Waals surface area contributed by atoms with Gasteiger partial charge in [-0.2, -0.15) is 0 Å². The van der Waals surface area contributed by atoms with Gasteiger partial charge in [0.25, 0.3) is 0 Å². The highest BCUT2D eigenvalue weighted by atomic mass is 31.2. The standard InChI is InChI=1S/C19H40NO6P/c1-9-10-14(2)15(3)11-12-20-17(22)16(21)19(7,8)13-25-27(23,24)26-18(4,5)6/h14-16,21H,9-13H2,1-8H3,(H,20,22)(H,23,24)/t14-,15?,16?/m1/s1. The predicted octanol–water partition coefficient (Wildman–Crippen LogP) is 3.88. The maximum absolute atomic E-state index is 12.2. The van der Waals surface area contributed by atoms with Gasteiger partial charge in [-0.15, -0.1) is 0 Å². The lowest BCUT2D eigenvalue weighted by atomic mass is 9.86. The first-order valence-electron chi connectivity index (χ1n) is 9.75. The fourth-order valence-electron chi connectivity index (χ4n) is 2.60. The number of hydrogen-bond donors (Lipinski definition) is 3. The molecule has 0 aromatic carbocycles. The lowest BCUT2D eigenvalue weighted by Gasteiger charge is -2.31. The minimum absolute atomic E-state index is 0.296. The van der Waals surface area contributed by atoms with Crippen LogP contribution in [0.25, 0.3) is 0 Å². The van der Waals surface area contributed by atoms with E-state index in [2.05, 4.69) is 26.1 Å². The third kappa shape index (κ3) is 11.2. The highest BCUT2D eigenvalue weighted by Crippen LogP contribution is 2.48. The predicted molar refractivity (Wildman–Crippen MR) is 107 cm³/mol. The lowest BCUT2D eigenvalue weighted by molar-refractivity contribution is -0.137. The number of amides is 1. The van der Waals surface area contributed by atoms with Crippen LogP contribution in [0, 0.1) is 17.3 Å². The van der Waals surface area contributed by atoms with E-state index >= 15 is 0 Å². The highest BCUT2D eigenvalue weighted by Gasteiger charge is 2.38. The van der Waals surface area contributed by atoms with E-state index < -0.39 is 30.8 Å². The first-order valence-corrected chi connectivity index (χ1v) is 11.2. The molecule has 1 amide bonds. The van der Waals surface area contributed by atoms with Gasteiger partial charge in [-0.1, -0.05) is 47.5 Å². The summed E-state index contributed by atoms with van der Waals surface area (Å²) in [5.41, 5.74) is -1.90. The molecule has 0 saturated carbocycles. The van der Waals surface area contributed by atoms with E-state index in [1.54, 1.807) is 34.6 Å². The van der Waals surface area contributed by atoms with Crippen molar-refractivity contribution in [2.45, 2.75) is 86.4 Å². The average Bonchev–Trinajstić information content (AvgIpc) is 2.50. The zero-order chi connectivity index (χ0) is 21.5. The van der Waals surface area contributed by atoms with Crippen molar-refractivity contribution in [1.82, 2.24) is 5.32 Å². The first kappa shape index (κ1) is 26.5. The molecule has 4 atom stereocenters. The van der Waals surface area contributed by atoms with Gasteiger partial charge in [-0.05, 0) is 39.0 Å². The zero-order valence-corrected chi connectivity index (χ0v) is 19.1. The Kier molecular flexibility index (Phi) is 10.7. The van der Waals surface area contributed by atoms with Crippen molar-refractivity contribution in [1.29, 1.82) is 0 Å². The fourth-order valence-corrected chi connectivity index (χ4v) is 3.84. The van der Waals surface area contributed by atoms with Gasteiger partial charge in [0.2, 0.25) is 5.91 Å². The largest absolute Gasteiger partial charge is 0.472 e. The van der Waals surface area contributed by atoms with Gasteiger partial charge in [0.15, 0.2) is 0 Å². The van der Waals surface area contributed by atoms with Gasteiger partial charge in [0, 0.05) is 12.0 Å². The van der Waals surface area contributed by atoms with Crippen molar-refractivity contribution < 1.29 is 28.4 Å². The molecular formula is C19H40NO6P. The molecule has 27 heavy (non-hydrogen) atoms. The Labute approximate surface area is 164 Å². The average molecular weight is 410 g/mol. The molecule has 3 unspecified atom stereocenters. The number of aliphatic hydroxyl groups is 1. The van der Waals surface area contributed by atoms with Gasteiger partial charge in [-0.25, -0.2) is 4.57 Å². The van der Waals surface area contributed by atoms with Crippen molar-refractivity contribution in [3.63, 3.8) is 0 Å². The summed E-state index contributed by atoms with van der Waals surface area (Å²) in [5, 5.41) is 13.1. The van der Waals surface area contributed by atoms with Crippen LogP contribution in [-0.4, -0.2) is 40.8 Å².